The first-order valence-corrected chi connectivity index (χ1v) is 10.3. The normalized spacial score (nSPS) is 14.8. The second kappa shape index (κ2) is 8.79. The second-order valence-electron chi connectivity index (χ2n) is 6.61. The SMILES string of the molecule is C/C(=N\Nc1nc(Nc2ccccc2)nc(N2CCCCC2)n1)c1cccs1. The van der Waals surface area contributed by atoms with Crippen LogP contribution in [0.3, 0.4) is 0 Å². The van der Waals surface area contributed by atoms with Crippen molar-refractivity contribution >= 4 is 40.6 Å². The summed E-state index contributed by atoms with van der Waals surface area (Å²) in [5.41, 5.74) is 4.83. The van der Waals surface area contributed by atoms with Crippen molar-refractivity contribution in [2.45, 2.75) is 26.2 Å². The molecule has 1 aromatic carbocycles. The molecule has 0 radical (unpaired) electrons. The Bertz CT molecular complexity index is 919. The number of anilines is 4. The second-order valence-corrected chi connectivity index (χ2v) is 7.56. The van der Waals surface area contributed by atoms with Crippen molar-refractivity contribution in [2.24, 2.45) is 5.10 Å². The first-order chi connectivity index (χ1) is 13.8. The number of nitrogens with one attached hydrogen (secondary N) is 2. The molecular weight excluding hydrogens is 370 g/mol. The Morgan fingerprint density at radius 2 is 1.75 bits per heavy atom. The van der Waals surface area contributed by atoms with Crippen LogP contribution in [-0.2, 0) is 0 Å². The zero-order valence-corrected chi connectivity index (χ0v) is 16.6. The highest BCUT2D eigenvalue weighted by Gasteiger charge is 2.16. The van der Waals surface area contributed by atoms with Gasteiger partial charge < -0.3 is 10.2 Å². The fraction of sp³-hybridized carbons (Fsp3) is 0.300. The van der Waals surface area contributed by atoms with Gasteiger partial charge in [-0.05, 0) is 49.8 Å². The summed E-state index contributed by atoms with van der Waals surface area (Å²) in [6.45, 7) is 3.89. The molecule has 7 nitrogen and oxygen atoms in total. The smallest absolute Gasteiger partial charge is 0.250 e. The van der Waals surface area contributed by atoms with Gasteiger partial charge in [-0.25, -0.2) is 5.43 Å². The van der Waals surface area contributed by atoms with Gasteiger partial charge in [0.1, 0.15) is 0 Å². The molecule has 3 heterocycles. The lowest BCUT2D eigenvalue weighted by atomic mass is 10.1. The molecule has 4 rings (SSSR count). The van der Waals surface area contributed by atoms with E-state index in [-0.39, 0.29) is 0 Å². The minimum Gasteiger partial charge on any atom is -0.341 e. The van der Waals surface area contributed by atoms with Crippen LogP contribution in [-0.4, -0.2) is 33.8 Å². The number of nitrogens with zero attached hydrogens (tertiary/aromatic N) is 5. The number of hydrogen-bond acceptors (Lipinski definition) is 8. The van der Waals surface area contributed by atoms with Crippen LogP contribution < -0.4 is 15.6 Å². The molecule has 0 amide bonds. The Morgan fingerprint density at radius 1 is 0.964 bits per heavy atom. The average Bonchev–Trinajstić information content (AvgIpc) is 3.28. The van der Waals surface area contributed by atoms with Gasteiger partial charge in [0.25, 0.3) is 0 Å². The molecule has 0 aliphatic carbocycles. The van der Waals surface area contributed by atoms with Crippen LogP contribution in [0, 0.1) is 0 Å². The van der Waals surface area contributed by atoms with Gasteiger partial charge in [0.05, 0.1) is 5.71 Å². The highest BCUT2D eigenvalue weighted by atomic mass is 32.1. The van der Waals surface area contributed by atoms with Gasteiger partial charge in [0, 0.05) is 23.7 Å². The van der Waals surface area contributed by atoms with E-state index >= 15 is 0 Å². The number of thiophene rings is 1. The summed E-state index contributed by atoms with van der Waals surface area (Å²) in [4.78, 5) is 17.1. The average molecular weight is 394 g/mol. The number of rotatable bonds is 6. The summed E-state index contributed by atoms with van der Waals surface area (Å²) < 4.78 is 0. The molecule has 2 N–H and O–H groups in total. The minimum absolute atomic E-state index is 0.435. The Kier molecular flexibility index (Phi) is 5.77. The third kappa shape index (κ3) is 4.64. The fourth-order valence-corrected chi connectivity index (χ4v) is 3.71. The lowest BCUT2D eigenvalue weighted by molar-refractivity contribution is 0.568. The van der Waals surface area contributed by atoms with Crippen molar-refractivity contribution in [2.75, 3.05) is 28.7 Å². The number of piperidine rings is 1. The molecule has 3 aromatic rings. The molecule has 0 saturated carbocycles. The van der Waals surface area contributed by atoms with Crippen molar-refractivity contribution in [1.82, 2.24) is 15.0 Å². The Morgan fingerprint density at radius 3 is 2.50 bits per heavy atom. The Labute approximate surface area is 168 Å². The van der Waals surface area contributed by atoms with Gasteiger partial charge in [0.2, 0.25) is 17.8 Å². The summed E-state index contributed by atoms with van der Waals surface area (Å²) in [5, 5.41) is 9.75. The molecule has 1 fully saturated rings. The number of aromatic nitrogens is 3. The van der Waals surface area contributed by atoms with Gasteiger partial charge in [-0.1, -0.05) is 24.3 Å². The topological polar surface area (TPSA) is 78.3 Å². The van der Waals surface area contributed by atoms with Crippen molar-refractivity contribution in [3.05, 3.63) is 52.7 Å². The molecule has 0 spiro atoms. The zero-order chi connectivity index (χ0) is 19.2. The van der Waals surface area contributed by atoms with Crippen molar-refractivity contribution in [3.63, 3.8) is 0 Å². The maximum atomic E-state index is 4.64. The summed E-state index contributed by atoms with van der Waals surface area (Å²) in [6.07, 6.45) is 3.57. The molecule has 1 aliphatic heterocycles. The van der Waals surface area contributed by atoms with E-state index in [9.17, 15) is 0 Å². The maximum Gasteiger partial charge on any atom is 0.250 e. The predicted octanol–water partition coefficient (Wildman–Crippen LogP) is 4.50. The van der Waals surface area contributed by atoms with Gasteiger partial charge >= 0.3 is 0 Å². The zero-order valence-electron chi connectivity index (χ0n) is 15.8. The standard InChI is InChI=1S/C20H23N7S/c1-15(17-11-8-14-28-17)25-26-19-22-18(21-16-9-4-2-5-10-16)23-20(24-19)27-12-6-3-7-13-27/h2,4-5,8-11,14H,3,6-7,12-13H2,1H3,(H2,21,22,23,24,26)/b25-15+. The minimum atomic E-state index is 0.435. The number of para-hydroxylation sites is 1. The first-order valence-electron chi connectivity index (χ1n) is 9.45. The lowest BCUT2D eigenvalue weighted by Crippen LogP contribution is -2.31. The molecular formula is C20H23N7S. The number of hydrazone groups is 1. The van der Waals surface area contributed by atoms with E-state index in [0.29, 0.717) is 17.8 Å². The third-order valence-electron chi connectivity index (χ3n) is 4.49. The molecule has 8 heteroatoms. The molecule has 1 saturated heterocycles. The summed E-state index contributed by atoms with van der Waals surface area (Å²) in [5.74, 6) is 1.62. The van der Waals surface area contributed by atoms with Crippen LogP contribution in [0.4, 0.5) is 23.5 Å². The van der Waals surface area contributed by atoms with E-state index < -0.39 is 0 Å². The van der Waals surface area contributed by atoms with Crippen LogP contribution in [0.5, 0.6) is 0 Å². The molecule has 0 unspecified atom stereocenters. The summed E-state index contributed by atoms with van der Waals surface area (Å²) >= 11 is 1.65. The largest absolute Gasteiger partial charge is 0.341 e. The van der Waals surface area contributed by atoms with E-state index in [1.165, 1.54) is 6.42 Å². The van der Waals surface area contributed by atoms with E-state index in [2.05, 4.69) is 35.7 Å². The molecule has 1 aliphatic rings. The maximum absolute atomic E-state index is 4.64. The van der Waals surface area contributed by atoms with Gasteiger partial charge in [-0.3, -0.25) is 0 Å². The van der Waals surface area contributed by atoms with Crippen LogP contribution >= 0.6 is 11.3 Å². The first kappa shape index (κ1) is 18.4. The lowest BCUT2D eigenvalue weighted by Gasteiger charge is -2.26. The van der Waals surface area contributed by atoms with Gasteiger partial charge in [0.15, 0.2) is 0 Å². The Hall–Kier alpha value is -3.00. The summed E-state index contributed by atoms with van der Waals surface area (Å²) in [6, 6.07) is 13.9. The Balaban J connectivity index is 1.60. The predicted molar refractivity (Wildman–Crippen MR) is 116 cm³/mol. The molecule has 144 valence electrons. The number of benzene rings is 1. The van der Waals surface area contributed by atoms with E-state index in [1.54, 1.807) is 11.3 Å². The van der Waals surface area contributed by atoms with Crippen LogP contribution in [0.1, 0.15) is 31.1 Å². The monoisotopic (exact) mass is 393 g/mol. The highest BCUT2D eigenvalue weighted by Crippen LogP contribution is 2.21. The van der Waals surface area contributed by atoms with Gasteiger partial charge in [-0.2, -0.15) is 20.1 Å². The quantitative estimate of drug-likeness (QED) is 0.474. The fourth-order valence-electron chi connectivity index (χ4n) is 3.03. The molecule has 0 bridgehead atoms. The van der Waals surface area contributed by atoms with Crippen LogP contribution in [0.2, 0.25) is 0 Å². The van der Waals surface area contributed by atoms with Crippen molar-refractivity contribution in [1.29, 1.82) is 0 Å². The molecule has 28 heavy (non-hydrogen) atoms. The van der Waals surface area contributed by atoms with Crippen molar-refractivity contribution < 1.29 is 0 Å². The van der Waals surface area contributed by atoms with E-state index in [4.69, 9.17) is 0 Å². The number of hydrogen-bond donors (Lipinski definition) is 2. The van der Waals surface area contributed by atoms with Gasteiger partial charge in [-0.15, -0.1) is 11.3 Å². The van der Waals surface area contributed by atoms with E-state index in [1.807, 2.05) is 54.8 Å². The van der Waals surface area contributed by atoms with E-state index in [0.717, 1.165) is 42.2 Å². The molecule has 2 aromatic heterocycles. The summed E-state index contributed by atoms with van der Waals surface area (Å²) in [7, 11) is 0. The molecule has 0 atom stereocenters. The van der Waals surface area contributed by atoms with Crippen LogP contribution in [0.15, 0.2) is 52.9 Å². The third-order valence-corrected chi connectivity index (χ3v) is 5.47. The van der Waals surface area contributed by atoms with Crippen molar-refractivity contribution in [3.8, 4) is 0 Å². The highest BCUT2D eigenvalue weighted by molar-refractivity contribution is 7.12. The van der Waals surface area contributed by atoms with Crippen LogP contribution in [0.25, 0.3) is 0 Å².